The van der Waals surface area contributed by atoms with E-state index in [1.54, 1.807) is 0 Å². The Labute approximate surface area is 101 Å². The number of piperidine rings is 1. The summed E-state index contributed by atoms with van der Waals surface area (Å²) in [7, 11) is 0. The molecule has 2 heterocycles. The van der Waals surface area contributed by atoms with Crippen molar-refractivity contribution in [3.8, 4) is 0 Å². The molecule has 0 amide bonds. The van der Waals surface area contributed by atoms with Crippen molar-refractivity contribution in [1.29, 1.82) is 0 Å². The molecule has 16 heavy (non-hydrogen) atoms. The number of hydrogen-bond donors (Lipinski definition) is 1. The van der Waals surface area contributed by atoms with E-state index < -0.39 is 0 Å². The minimum absolute atomic E-state index is 0.689. The van der Waals surface area contributed by atoms with Crippen LogP contribution < -0.4 is 5.32 Å². The number of nitrogens with zero attached hydrogens (tertiary/aromatic N) is 1. The highest BCUT2D eigenvalue weighted by atomic mass is 32.1. The van der Waals surface area contributed by atoms with Crippen LogP contribution in [-0.2, 0) is 0 Å². The van der Waals surface area contributed by atoms with Gasteiger partial charge in [0.25, 0.3) is 0 Å². The van der Waals surface area contributed by atoms with E-state index in [1.165, 1.54) is 55.8 Å². The molecule has 0 spiro atoms. The lowest BCUT2D eigenvalue weighted by molar-refractivity contribution is 0.459. The third kappa shape index (κ3) is 2.16. The normalized spacial score (nSPS) is 27.4. The van der Waals surface area contributed by atoms with Crippen molar-refractivity contribution in [3.63, 3.8) is 0 Å². The minimum Gasteiger partial charge on any atom is -0.316 e. The Kier molecular flexibility index (Phi) is 3.25. The Bertz CT molecular complexity index is 335. The molecule has 2 fully saturated rings. The zero-order chi connectivity index (χ0) is 10.8. The third-order valence-corrected chi connectivity index (χ3v) is 4.98. The maximum Gasteiger partial charge on any atom is 0.0972 e. The van der Waals surface area contributed by atoms with Crippen LogP contribution >= 0.6 is 11.3 Å². The van der Waals surface area contributed by atoms with Crippen molar-refractivity contribution in [3.05, 3.63) is 16.1 Å². The molecule has 1 saturated heterocycles. The van der Waals surface area contributed by atoms with Crippen LogP contribution in [0, 0.1) is 0 Å². The van der Waals surface area contributed by atoms with Crippen LogP contribution in [0.4, 0.5) is 0 Å². The van der Waals surface area contributed by atoms with Gasteiger partial charge in [0.15, 0.2) is 0 Å². The van der Waals surface area contributed by atoms with Crippen molar-refractivity contribution >= 4 is 11.3 Å². The van der Waals surface area contributed by atoms with Crippen LogP contribution in [0.25, 0.3) is 0 Å². The molecule has 1 atom stereocenters. The summed E-state index contributed by atoms with van der Waals surface area (Å²) in [6.45, 7) is 2.33. The SMILES string of the molecule is c1sc(C2CCCNC2)nc1C1CCCC1. The summed E-state index contributed by atoms with van der Waals surface area (Å²) in [5.41, 5.74) is 1.39. The average Bonchev–Trinajstić information content (AvgIpc) is 3.01. The summed E-state index contributed by atoms with van der Waals surface area (Å²) < 4.78 is 0. The smallest absolute Gasteiger partial charge is 0.0972 e. The lowest BCUT2D eigenvalue weighted by atomic mass is 10.0. The Morgan fingerprint density at radius 3 is 2.69 bits per heavy atom. The maximum atomic E-state index is 4.89. The van der Waals surface area contributed by atoms with Gasteiger partial charge >= 0.3 is 0 Å². The monoisotopic (exact) mass is 236 g/mol. The van der Waals surface area contributed by atoms with E-state index in [2.05, 4.69) is 10.7 Å². The molecule has 1 aliphatic heterocycles. The molecule has 1 saturated carbocycles. The summed E-state index contributed by atoms with van der Waals surface area (Å²) in [6, 6.07) is 0. The molecule has 2 aliphatic rings. The highest BCUT2D eigenvalue weighted by Crippen LogP contribution is 2.36. The standard InChI is InChI=1S/C13H20N2S/c1-2-5-10(4-1)12-9-16-13(15-12)11-6-3-7-14-8-11/h9-11,14H,1-8H2. The maximum absolute atomic E-state index is 4.89. The van der Waals surface area contributed by atoms with Crippen molar-refractivity contribution in [2.75, 3.05) is 13.1 Å². The van der Waals surface area contributed by atoms with Crippen molar-refractivity contribution in [2.24, 2.45) is 0 Å². The molecule has 1 aromatic rings. The van der Waals surface area contributed by atoms with Crippen molar-refractivity contribution in [2.45, 2.75) is 50.4 Å². The van der Waals surface area contributed by atoms with E-state index in [-0.39, 0.29) is 0 Å². The summed E-state index contributed by atoms with van der Waals surface area (Å²) in [5.74, 6) is 1.47. The van der Waals surface area contributed by atoms with Gasteiger partial charge in [-0.05, 0) is 32.2 Å². The van der Waals surface area contributed by atoms with Gasteiger partial charge in [0.2, 0.25) is 0 Å². The third-order valence-electron chi connectivity index (χ3n) is 3.96. The summed E-state index contributed by atoms with van der Waals surface area (Å²) in [6.07, 6.45) is 8.18. The molecule has 3 rings (SSSR count). The van der Waals surface area contributed by atoms with Crippen molar-refractivity contribution in [1.82, 2.24) is 10.3 Å². The van der Waals surface area contributed by atoms with E-state index in [0.29, 0.717) is 5.92 Å². The molecule has 1 aromatic heterocycles. The lowest BCUT2D eigenvalue weighted by Gasteiger charge is -2.20. The van der Waals surface area contributed by atoms with Gasteiger partial charge in [-0.1, -0.05) is 12.8 Å². The molecule has 0 bridgehead atoms. The van der Waals surface area contributed by atoms with Crippen LogP contribution in [0.15, 0.2) is 5.38 Å². The second-order valence-corrected chi connectivity index (χ2v) is 6.02. The molecule has 1 aliphatic carbocycles. The lowest BCUT2D eigenvalue weighted by Crippen LogP contribution is -2.28. The van der Waals surface area contributed by atoms with Gasteiger partial charge in [0, 0.05) is 23.8 Å². The number of thiazole rings is 1. The second-order valence-electron chi connectivity index (χ2n) is 5.14. The van der Waals surface area contributed by atoms with E-state index >= 15 is 0 Å². The molecule has 0 radical (unpaired) electrons. The number of rotatable bonds is 2. The zero-order valence-electron chi connectivity index (χ0n) is 9.74. The van der Waals surface area contributed by atoms with Gasteiger partial charge in [0.1, 0.15) is 0 Å². The summed E-state index contributed by atoms with van der Waals surface area (Å²) >= 11 is 1.89. The molecule has 1 unspecified atom stereocenters. The van der Waals surface area contributed by atoms with Gasteiger partial charge < -0.3 is 5.32 Å². The molecular weight excluding hydrogens is 216 g/mol. The fraction of sp³-hybridized carbons (Fsp3) is 0.769. The van der Waals surface area contributed by atoms with Gasteiger partial charge in [0.05, 0.1) is 10.7 Å². The molecule has 2 nitrogen and oxygen atoms in total. The minimum atomic E-state index is 0.689. The highest BCUT2D eigenvalue weighted by Gasteiger charge is 2.23. The molecule has 3 heteroatoms. The Hall–Kier alpha value is -0.410. The summed E-state index contributed by atoms with van der Waals surface area (Å²) in [5, 5.41) is 7.18. The first-order chi connectivity index (χ1) is 7.93. The molecule has 88 valence electrons. The second kappa shape index (κ2) is 4.84. The number of aromatic nitrogens is 1. The van der Waals surface area contributed by atoms with E-state index in [9.17, 15) is 0 Å². The van der Waals surface area contributed by atoms with Gasteiger partial charge in [-0.3, -0.25) is 0 Å². The largest absolute Gasteiger partial charge is 0.316 e. The Morgan fingerprint density at radius 1 is 1.12 bits per heavy atom. The van der Waals surface area contributed by atoms with Crippen LogP contribution in [0.3, 0.4) is 0 Å². The van der Waals surface area contributed by atoms with Crippen molar-refractivity contribution < 1.29 is 0 Å². The average molecular weight is 236 g/mol. The fourth-order valence-corrected chi connectivity index (χ4v) is 4.00. The first-order valence-corrected chi connectivity index (χ1v) is 7.47. The van der Waals surface area contributed by atoms with Gasteiger partial charge in [-0.25, -0.2) is 4.98 Å². The predicted molar refractivity (Wildman–Crippen MR) is 68.2 cm³/mol. The fourth-order valence-electron chi connectivity index (χ4n) is 2.96. The number of nitrogens with one attached hydrogen (secondary N) is 1. The first kappa shape index (κ1) is 10.7. The summed E-state index contributed by atoms with van der Waals surface area (Å²) in [4.78, 5) is 4.89. The van der Waals surface area contributed by atoms with Crippen LogP contribution in [0.5, 0.6) is 0 Å². The van der Waals surface area contributed by atoms with E-state index in [0.717, 1.165) is 12.5 Å². The van der Waals surface area contributed by atoms with Crippen LogP contribution in [-0.4, -0.2) is 18.1 Å². The molecule has 1 N–H and O–H groups in total. The first-order valence-electron chi connectivity index (χ1n) is 6.59. The van der Waals surface area contributed by atoms with Crippen LogP contribution in [0.1, 0.15) is 61.1 Å². The van der Waals surface area contributed by atoms with Gasteiger partial charge in [-0.2, -0.15) is 0 Å². The Morgan fingerprint density at radius 2 is 1.94 bits per heavy atom. The predicted octanol–water partition coefficient (Wildman–Crippen LogP) is 3.27. The topological polar surface area (TPSA) is 24.9 Å². The quantitative estimate of drug-likeness (QED) is 0.852. The van der Waals surface area contributed by atoms with E-state index in [1.807, 2.05) is 11.3 Å². The molecular formula is C13H20N2S. The number of hydrogen-bond acceptors (Lipinski definition) is 3. The highest BCUT2D eigenvalue weighted by molar-refractivity contribution is 7.09. The molecule has 0 aromatic carbocycles. The van der Waals surface area contributed by atoms with E-state index in [4.69, 9.17) is 4.98 Å². The zero-order valence-corrected chi connectivity index (χ0v) is 10.6. The van der Waals surface area contributed by atoms with Crippen LogP contribution in [0.2, 0.25) is 0 Å². The van der Waals surface area contributed by atoms with Gasteiger partial charge in [-0.15, -0.1) is 11.3 Å². The Balaban J connectivity index is 1.71.